The number of piperidine rings is 1. The maximum atomic E-state index is 14.0. The van der Waals surface area contributed by atoms with Gasteiger partial charge in [0.15, 0.2) is 0 Å². The van der Waals surface area contributed by atoms with Crippen LogP contribution in [0.2, 0.25) is 0 Å². The van der Waals surface area contributed by atoms with Gasteiger partial charge >= 0.3 is 5.97 Å². The van der Waals surface area contributed by atoms with Gasteiger partial charge in [-0.25, -0.2) is 4.79 Å². The van der Waals surface area contributed by atoms with E-state index < -0.39 is 5.41 Å². The summed E-state index contributed by atoms with van der Waals surface area (Å²) >= 11 is 3.60. The number of fused-ring (bicyclic) bond motifs is 4. The largest absolute Gasteiger partial charge is 0.462 e. The van der Waals surface area contributed by atoms with E-state index in [1.165, 1.54) is 16.3 Å². The third-order valence-corrected chi connectivity index (χ3v) is 7.48. The van der Waals surface area contributed by atoms with Crippen LogP contribution in [0.1, 0.15) is 49.0 Å². The Labute approximate surface area is 196 Å². The van der Waals surface area contributed by atoms with Crippen LogP contribution in [0.3, 0.4) is 0 Å². The van der Waals surface area contributed by atoms with E-state index in [4.69, 9.17) is 9.84 Å². The molecule has 3 aliphatic rings. The normalized spacial score (nSPS) is 24.3. The number of benzene rings is 2. The molecule has 2 aromatic carbocycles. The molecule has 3 heterocycles. The Hall–Kier alpha value is -2.67. The minimum absolute atomic E-state index is 0.0152. The van der Waals surface area contributed by atoms with Crippen LogP contribution in [0.4, 0.5) is 11.4 Å². The van der Waals surface area contributed by atoms with Crippen molar-refractivity contribution in [1.82, 2.24) is 0 Å². The number of carbonyl (C=O) groups is 2. The molecule has 1 spiro atoms. The van der Waals surface area contributed by atoms with Gasteiger partial charge in [0.2, 0.25) is 0 Å². The fraction of sp³-hybridized carbons (Fsp3) is 0.400. The Morgan fingerprint density at radius 1 is 1.22 bits per heavy atom. The lowest BCUT2D eigenvalue weighted by molar-refractivity contribution is -0.125. The number of amides is 1. The Bertz CT molecular complexity index is 1110. The summed E-state index contributed by atoms with van der Waals surface area (Å²) in [5, 5.41) is 6.29. The molecule has 1 fully saturated rings. The molecule has 0 saturated carbocycles. The third-order valence-electron chi connectivity index (χ3n) is 6.98. The summed E-state index contributed by atoms with van der Waals surface area (Å²) < 4.78 is 6.09. The Morgan fingerprint density at radius 2 is 2.00 bits per heavy atom. The molecule has 0 aromatic heterocycles. The van der Waals surface area contributed by atoms with Crippen LogP contribution in [-0.4, -0.2) is 36.8 Å². The summed E-state index contributed by atoms with van der Waals surface area (Å²) in [4.78, 5) is 28.5. The highest BCUT2D eigenvalue weighted by molar-refractivity contribution is 9.10. The van der Waals surface area contributed by atoms with E-state index in [0.717, 1.165) is 36.0 Å². The number of hydrogen-bond acceptors (Lipinski definition) is 5. The van der Waals surface area contributed by atoms with E-state index in [1.54, 1.807) is 31.2 Å². The molecule has 1 saturated heterocycles. The SMILES string of the molecule is CCOC(=O)c1ccc(N2N=C(C)[C@@]3(Cc4cc(Br)ccc4N4CCCC[C@H]43)C2=O)cc1. The highest BCUT2D eigenvalue weighted by Crippen LogP contribution is 2.50. The fourth-order valence-electron chi connectivity index (χ4n) is 5.47. The van der Waals surface area contributed by atoms with Crippen molar-refractivity contribution in [2.75, 3.05) is 23.1 Å². The molecule has 6 nitrogen and oxygen atoms in total. The van der Waals surface area contributed by atoms with Crippen LogP contribution < -0.4 is 9.91 Å². The minimum Gasteiger partial charge on any atom is -0.462 e. The van der Waals surface area contributed by atoms with Gasteiger partial charge in [-0.2, -0.15) is 10.1 Å². The number of hydrazone groups is 1. The lowest BCUT2D eigenvalue weighted by atomic mass is 9.66. The topological polar surface area (TPSA) is 62.2 Å². The van der Waals surface area contributed by atoms with Crippen molar-refractivity contribution < 1.29 is 14.3 Å². The fourth-order valence-corrected chi connectivity index (χ4v) is 5.88. The second kappa shape index (κ2) is 8.03. The number of nitrogens with zero attached hydrogens (tertiary/aromatic N) is 3. The van der Waals surface area contributed by atoms with E-state index >= 15 is 0 Å². The van der Waals surface area contributed by atoms with Gasteiger partial charge in [-0.3, -0.25) is 4.79 Å². The monoisotopic (exact) mass is 495 g/mol. The summed E-state index contributed by atoms with van der Waals surface area (Å²) in [5.41, 5.74) is 3.74. The molecule has 2 atom stereocenters. The van der Waals surface area contributed by atoms with Gasteiger partial charge < -0.3 is 9.64 Å². The van der Waals surface area contributed by atoms with E-state index in [-0.39, 0.29) is 17.9 Å². The zero-order chi connectivity index (χ0) is 22.5. The highest BCUT2D eigenvalue weighted by atomic mass is 79.9. The van der Waals surface area contributed by atoms with Crippen LogP contribution in [0.15, 0.2) is 52.0 Å². The lowest BCUT2D eigenvalue weighted by Crippen LogP contribution is -2.61. The van der Waals surface area contributed by atoms with Crippen molar-refractivity contribution >= 4 is 44.9 Å². The molecule has 3 aliphatic heterocycles. The van der Waals surface area contributed by atoms with Crippen molar-refractivity contribution in [2.24, 2.45) is 10.5 Å². The van der Waals surface area contributed by atoms with Crippen LogP contribution in [0.5, 0.6) is 0 Å². The molecular formula is C25H26BrN3O3. The van der Waals surface area contributed by atoms with Gasteiger partial charge in [0.1, 0.15) is 5.41 Å². The molecule has 166 valence electrons. The summed E-state index contributed by atoms with van der Waals surface area (Å²) in [6, 6.07) is 13.4. The molecule has 0 bridgehead atoms. The summed E-state index contributed by atoms with van der Waals surface area (Å²) in [6.07, 6.45) is 3.87. The number of ether oxygens (including phenoxy) is 1. The molecule has 1 amide bonds. The zero-order valence-corrected chi connectivity index (χ0v) is 19.9. The van der Waals surface area contributed by atoms with E-state index in [1.807, 2.05) is 6.92 Å². The molecule has 0 N–H and O–H groups in total. The molecule has 2 aromatic rings. The van der Waals surface area contributed by atoms with Crippen molar-refractivity contribution in [2.45, 2.75) is 45.6 Å². The molecule has 0 radical (unpaired) electrons. The van der Waals surface area contributed by atoms with Gasteiger partial charge in [0.05, 0.1) is 23.6 Å². The predicted molar refractivity (Wildman–Crippen MR) is 128 cm³/mol. The number of anilines is 2. The standard InChI is InChI=1S/C25H26BrN3O3/c1-3-32-23(30)17-7-10-20(11-8-17)29-24(31)25(16(2)27-29)15-18-14-19(26)9-12-21(18)28-13-5-4-6-22(25)28/h7-12,14,22H,3-6,13,15H2,1-2H3/t22-,25+/m0/s1. The van der Waals surface area contributed by atoms with Crippen molar-refractivity contribution in [3.05, 3.63) is 58.1 Å². The van der Waals surface area contributed by atoms with E-state index in [9.17, 15) is 9.59 Å². The first-order chi connectivity index (χ1) is 15.5. The molecule has 0 unspecified atom stereocenters. The number of hydrogen-bond donors (Lipinski definition) is 0. The van der Waals surface area contributed by atoms with E-state index in [2.05, 4.69) is 39.0 Å². The van der Waals surface area contributed by atoms with Crippen LogP contribution >= 0.6 is 15.9 Å². The summed E-state index contributed by atoms with van der Waals surface area (Å²) in [5.74, 6) is -0.350. The second-order valence-electron chi connectivity index (χ2n) is 8.70. The molecule has 5 rings (SSSR count). The average molecular weight is 496 g/mol. The smallest absolute Gasteiger partial charge is 0.338 e. The number of carbonyl (C=O) groups excluding carboxylic acids is 2. The van der Waals surface area contributed by atoms with Crippen LogP contribution in [0, 0.1) is 5.41 Å². The molecule has 7 heteroatoms. The van der Waals surface area contributed by atoms with Gasteiger partial charge in [-0.15, -0.1) is 0 Å². The first-order valence-corrected chi connectivity index (χ1v) is 12.0. The number of esters is 1. The summed E-state index contributed by atoms with van der Waals surface area (Å²) in [7, 11) is 0. The highest BCUT2D eigenvalue weighted by Gasteiger charge is 2.59. The van der Waals surface area contributed by atoms with Crippen molar-refractivity contribution in [3.8, 4) is 0 Å². The maximum Gasteiger partial charge on any atom is 0.338 e. The number of halogens is 1. The van der Waals surface area contributed by atoms with Gasteiger partial charge in [0, 0.05) is 22.7 Å². The van der Waals surface area contributed by atoms with Gasteiger partial charge in [-0.1, -0.05) is 15.9 Å². The Morgan fingerprint density at radius 3 is 2.75 bits per heavy atom. The Kier molecular flexibility index (Phi) is 5.32. The van der Waals surface area contributed by atoms with Gasteiger partial charge in [0.25, 0.3) is 5.91 Å². The quantitative estimate of drug-likeness (QED) is 0.565. The second-order valence-corrected chi connectivity index (χ2v) is 9.61. The lowest BCUT2D eigenvalue weighted by Gasteiger charge is -2.51. The first kappa shape index (κ1) is 21.2. The molecule has 0 aliphatic carbocycles. The van der Waals surface area contributed by atoms with E-state index in [0.29, 0.717) is 24.3 Å². The summed E-state index contributed by atoms with van der Waals surface area (Å²) in [6.45, 7) is 5.05. The van der Waals surface area contributed by atoms with Crippen molar-refractivity contribution in [3.63, 3.8) is 0 Å². The maximum absolute atomic E-state index is 14.0. The third kappa shape index (κ3) is 3.17. The Balaban J connectivity index is 1.52. The van der Waals surface area contributed by atoms with Crippen LogP contribution in [-0.2, 0) is 16.0 Å². The molecular weight excluding hydrogens is 470 g/mol. The predicted octanol–water partition coefficient (Wildman–Crippen LogP) is 4.95. The average Bonchev–Trinajstić information content (AvgIpc) is 3.05. The first-order valence-electron chi connectivity index (χ1n) is 11.2. The zero-order valence-electron chi connectivity index (χ0n) is 18.3. The minimum atomic E-state index is -0.673. The van der Waals surface area contributed by atoms with Gasteiger partial charge in [-0.05, 0) is 87.6 Å². The van der Waals surface area contributed by atoms with Crippen molar-refractivity contribution in [1.29, 1.82) is 0 Å². The number of rotatable bonds is 3. The molecule has 32 heavy (non-hydrogen) atoms. The van der Waals surface area contributed by atoms with Crippen LogP contribution in [0.25, 0.3) is 0 Å².